The highest BCUT2D eigenvalue weighted by atomic mass is 16.5. The minimum atomic E-state index is -0.600. The summed E-state index contributed by atoms with van der Waals surface area (Å²) in [5, 5.41) is 2.85. The number of hydrogen-bond donors (Lipinski definition) is 2. The Bertz CT molecular complexity index is 491. The number of aryl methyl sites for hydroxylation is 1. The highest BCUT2D eigenvalue weighted by molar-refractivity contribution is 5.92. The van der Waals surface area contributed by atoms with Crippen LogP contribution in [0, 0.1) is 6.92 Å². The van der Waals surface area contributed by atoms with Gasteiger partial charge in [0.1, 0.15) is 18.2 Å². The van der Waals surface area contributed by atoms with E-state index in [9.17, 15) is 9.59 Å². The van der Waals surface area contributed by atoms with Gasteiger partial charge in [0, 0.05) is 6.04 Å². The summed E-state index contributed by atoms with van der Waals surface area (Å²) in [5.41, 5.74) is 5.85. The van der Waals surface area contributed by atoms with Crippen molar-refractivity contribution in [3.8, 4) is 0 Å². The molecule has 0 aromatic carbocycles. The van der Waals surface area contributed by atoms with Gasteiger partial charge in [0.25, 0.3) is 0 Å². The van der Waals surface area contributed by atoms with Crippen molar-refractivity contribution in [3.63, 3.8) is 0 Å². The molecule has 1 heterocycles. The first-order valence-corrected chi connectivity index (χ1v) is 5.73. The van der Waals surface area contributed by atoms with Crippen LogP contribution in [0.25, 0.3) is 0 Å². The van der Waals surface area contributed by atoms with E-state index in [-0.39, 0.29) is 24.0 Å². The van der Waals surface area contributed by atoms with E-state index in [0.29, 0.717) is 11.9 Å². The average Bonchev–Trinajstić information content (AvgIpc) is 3.10. The number of carbonyl (C=O) groups is 2. The van der Waals surface area contributed by atoms with Crippen LogP contribution in [0.4, 0.5) is 5.82 Å². The molecule has 1 aliphatic carbocycles. The standard InChI is InChI=1S/C11H16N4O3/c1-6-13-9(11(17)18-2)10(12)15(6)5-8(16)14-7-3-4-7/h7H,3-5,12H2,1-2H3,(H,14,16). The topological polar surface area (TPSA) is 99.2 Å². The Kier molecular flexibility index (Phi) is 3.22. The molecule has 0 saturated heterocycles. The van der Waals surface area contributed by atoms with Crippen molar-refractivity contribution in [1.82, 2.24) is 14.9 Å². The molecule has 1 amide bonds. The Labute approximate surface area is 104 Å². The molecule has 0 bridgehead atoms. The van der Waals surface area contributed by atoms with E-state index in [0.717, 1.165) is 12.8 Å². The first-order chi connectivity index (χ1) is 8.52. The number of nitrogens with two attached hydrogens (primary N) is 1. The molecule has 7 nitrogen and oxygen atoms in total. The maximum atomic E-state index is 11.7. The van der Waals surface area contributed by atoms with Gasteiger partial charge in [-0.25, -0.2) is 9.78 Å². The summed E-state index contributed by atoms with van der Waals surface area (Å²) in [5.74, 6) is -0.0535. The van der Waals surface area contributed by atoms with Crippen LogP contribution < -0.4 is 11.1 Å². The normalized spacial score (nSPS) is 14.3. The molecular formula is C11H16N4O3. The predicted molar refractivity (Wildman–Crippen MR) is 63.9 cm³/mol. The Hall–Kier alpha value is -2.05. The Morgan fingerprint density at radius 3 is 2.78 bits per heavy atom. The lowest BCUT2D eigenvalue weighted by molar-refractivity contribution is -0.121. The molecule has 0 aliphatic heterocycles. The van der Waals surface area contributed by atoms with Gasteiger partial charge < -0.3 is 20.4 Å². The second-order valence-corrected chi connectivity index (χ2v) is 4.31. The SMILES string of the molecule is COC(=O)c1nc(C)n(CC(=O)NC2CC2)c1N. The van der Waals surface area contributed by atoms with Crippen LogP contribution in [0.15, 0.2) is 0 Å². The van der Waals surface area contributed by atoms with Crippen molar-refractivity contribution in [2.24, 2.45) is 0 Å². The average molecular weight is 252 g/mol. The molecule has 0 unspecified atom stereocenters. The molecule has 98 valence electrons. The number of esters is 1. The van der Waals surface area contributed by atoms with Gasteiger partial charge >= 0.3 is 5.97 Å². The number of hydrogen-bond acceptors (Lipinski definition) is 5. The zero-order valence-electron chi connectivity index (χ0n) is 10.4. The smallest absolute Gasteiger partial charge is 0.360 e. The number of amides is 1. The molecule has 18 heavy (non-hydrogen) atoms. The zero-order chi connectivity index (χ0) is 13.3. The van der Waals surface area contributed by atoms with Crippen molar-refractivity contribution in [2.75, 3.05) is 12.8 Å². The van der Waals surface area contributed by atoms with E-state index in [2.05, 4.69) is 15.0 Å². The van der Waals surface area contributed by atoms with Crippen LogP contribution in [0.1, 0.15) is 29.2 Å². The maximum Gasteiger partial charge on any atom is 0.360 e. The fourth-order valence-corrected chi connectivity index (χ4v) is 1.67. The minimum Gasteiger partial charge on any atom is -0.464 e. The summed E-state index contributed by atoms with van der Waals surface area (Å²) < 4.78 is 6.07. The van der Waals surface area contributed by atoms with Gasteiger partial charge in [-0.05, 0) is 19.8 Å². The molecule has 1 aliphatic rings. The van der Waals surface area contributed by atoms with Crippen LogP contribution in [0.5, 0.6) is 0 Å². The largest absolute Gasteiger partial charge is 0.464 e. The number of aromatic nitrogens is 2. The third kappa shape index (κ3) is 2.44. The minimum absolute atomic E-state index is 0.0502. The summed E-state index contributed by atoms with van der Waals surface area (Å²) in [7, 11) is 1.26. The molecule has 0 radical (unpaired) electrons. The molecule has 1 fully saturated rings. The third-order valence-electron chi connectivity index (χ3n) is 2.82. The highest BCUT2D eigenvalue weighted by Crippen LogP contribution is 2.19. The van der Waals surface area contributed by atoms with Gasteiger partial charge in [0.2, 0.25) is 5.91 Å². The number of anilines is 1. The second kappa shape index (κ2) is 4.67. The van der Waals surface area contributed by atoms with E-state index in [1.807, 2.05) is 0 Å². The number of nitrogens with zero attached hydrogens (tertiary/aromatic N) is 2. The van der Waals surface area contributed by atoms with Crippen LogP contribution in [0.2, 0.25) is 0 Å². The number of nitrogen functional groups attached to an aromatic ring is 1. The summed E-state index contributed by atoms with van der Waals surface area (Å²) in [6.45, 7) is 1.76. The summed E-state index contributed by atoms with van der Waals surface area (Å²) in [6, 6.07) is 0.294. The van der Waals surface area contributed by atoms with Crippen LogP contribution in [-0.2, 0) is 16.1 Å². The van der Waals surface area contributed by atoms with Gasteiger partial charge in [0.05, 0.1) is 7.11 Å². The fourth-order valence-electron chi connectivity index (χ4n) is 1.67. The van der Waals surface area contributed by atoms with Gasteiger partial charge in [-0.15, -0.1) is 0 Å². The molecule has 1 aromatic heterocycles. The van der Waals surface area contributed by atoms with Crippen LogP contribution in [-0.4, -0.2) is 34.6 Å². The second-order valence-electron chi connectivity index (χ2n) is 4.31. The summed E-state index contributed by atoms with van der Waals surface area (Å²) in [4.78, 5) is 27.1. The molecule has 1 aromatic rings. The number of rotatable bonds is 4. The van der Waals surface area contributed by atoms with Gasteiger partial charge in [0.15, 0.2) is 5.69 Å². The first-order valence-electron chi connectivity index (χ1n) is 5.73. The lowest BCUT2D eigenvalue weighted by Gasteiger charge is -2.07. The number of imidazole rings is 1. The van der Waals surface area contributed by atoms with Gasteiger partial charge in [-0.3, -0.25) is 4.79 Å². The van der Waals surface area contributed by atoms with Gasteiger partial charge in [-0.2, -0.15) is 0 Å². The molecule has 0 atom stereocenters. The molecular weight excluding hydrogens is 236 g/mol. The lowest BCUT2D eigenvalue weighted by Crippen LogP contribution is -2.30. The van der Waals surface area contributed by atoms with E-state index in [1.165, 1.54) is 11.7 Å². The molecule has 7 heteroatoms. The van der Waals surface area contributed by atoms with Crippen molar-refractivity contribution in [3.05, 3.63) is 11.5 Å². The van der Waals surface area contributed by atoms with E-state index in [1.54, 1.807) is 6.92 Å². The zero-order valence-corrected chi connectivity index (χ0v) is 10.4. The molecule has 1 saturated carbocycles. The molecule has 3 N–H and O–H groups in total. The number of nitrogens with one attached hydrogen (secondary N) is 1. The Balaban J connectivity index is 2.14. The monoisotopic (exact) mass is 252 g/mol. The fraction of sp³-hybridized carbons (Fsp3) is 0.545. The number of methoxy groups -OCH3 is 1. The summed E-state index contributed by atoms with van der Waals surface area (Å²) in [6.07, 6.45) is 2.05. The molecule has 0 spiro atoms. The Morgan fingerprint density at radius 1 is 1.56 bits per heavy atom. The Morgan fingerprint density at radius 2 is 2.22 bits per heavy atom. The molecule has 2 rings (SSSR count). The highest BCUT2D eigenvalue weighted by Gasteiger charge is 2.25. The van der Waals surface area contributed by atoms with Crippen molar-refractivity contribution in [2.45, 2.75) is 32.4 Å². The third-order valence-corrected chi connectivity index (χ3v) is 2.82. The quantitative estimate of drug-likeness (QED) is 0.725. The van der Waals surface area contributed by atoms with Crippen molar-refractivity contribution >= 4 is 17.7 Å². The van der Waals surface area contributed by atoms with Gasteiger partial charge in [-0.1, -0.05) is 0 Å². The van der Waals surface area contributed by atoms with Crippen molar-refractivity contribution < 1.29 is 14.3 Å². The van der Waals surface area contributed by atoms with E-state index >= 15 is 0 Å². The summed E-state index contributed by atoms with van der Waals surface area (Å²) >= 11 is 0. The maximum absolute atomic E-state index is 11.7. The van der Waals surface area contributed by atoms with Crippen LogP contribution >= 0.6 is 0 Å². The van der Waals surface area contributed by atoms with Crippen molar-refractivity contribution in [1.29, 1.82) is 0 Å². The lowest BCUT2D eigenvalue weighted by atomic mass is 10.4. The number of carbonyl (C=O) groups excluding carboxylic acids is 2. The van der Waals surface area contributed by atoms with Crippen LogP contribution in [0.3, 0.4) is 0 Å². The first kappa shape index (κ1) is 12.4. The number of ether oxygens (including phenoxy) is 1. The predicted octanol–water partition coefficient (Wildman–Crippen LogP) is -0.161. The van der Waals surface area contributed by atoms with E-state index < -0.39 is 5.97 Å². The van der Waals surface area contributed by atoms with E-state index in [4.69, 9.17) is 5.73 Å².